The molecule has 3 heterocycles. The summed E-state index contributed by atoms with van der Waals surface area (Å²) in [5.41, 5.74) is 2.72. The van der Waals surface area contributed by atoms with Crippen molar-refractivity contribution in [3.8, 4) is 5.75 Å². The topological polar surface area (TPSA) is 122 Å². The van der Waals surface area contributed by atoms with Crippen LogP contribution < -0.4 is 15.4 Å². The average Bonchev–Trinajstić information content (AvgIpc) is 3.45. The number of ether oxygens (including phenoxy) is 1. The number of amides is 2. The van der Waals surface area contributed by atoms with Gasteiger partial charge in [0.05, 0.1) is 18.5 Å². The summed E-state index contributed by atoms with van der Waals surface area (Å²) in [6, 6.07) is 21.0. The summed E-state index contributed by atoms with van der Waals surface area (Å²) < 4.78 is 6.16. The number of anilines is 2. The van der Waals surface area contributed by atoms with Crippen LogP contribution in [-0.4, -0.2) is 63.4 Å². The van der Waals surface area contributed by atoms with Gasteiger partial charge >= 0.3 is 0 Å². The van der Waals surface area contributed by atoms with E-state index in [9.17, 15) is 9.59 Å². The Hall–Kier alpha value is -4.22. The number of carbonyl (C=O) groups is 2. The molecule has 1 aliphatic rings. The molecule has 43 heavy (non-hydrogen) atoms. The number of hydrogen-bond donors (Lipinski definition) is 2. The number of nitrogens with zero attached hydrogens (tertiary/aromatic N) is 5. The summed E-state index contributed by atoms with van der Waals surface area (Å²) in [6.45, 7) is 2.08. The van der Waals surface area contributed by atoms with Gasteiger partial charge in [0.15, 0.2) is 5.82 Å². The van der Waals surface area contributed by atoms with Crippen LogP contribution in [0.2, 0.25) is 0 Å². The minimum atomic E-state index is -0.127. The van der Waals surface area contributed by atoms with E-state index >= 15 is 0 Å². The zero-order valence-electron chi connectivity index (χ0n) is 24.4. The van der Waals surface area contributed by atoms with Gasteiger partial charge in [-0.2, -0.15) is 5.10 Å². The summed E-state index contributed by atoms with van der Waals surface area (Å²) >= 11 is 1.40. The molecule has 0 spiro atoms. The predicted molar refractivity (Wildman–Crippen MR) is 167 cm³/mol. The summed E-state index contributed by atoms with van der Waals surface area (Å²) in [6.07, 6.45) is 6.14. The van der Waals surface area contributed by atoms with Crippen molar-refractivity contribution in [3.63, 3.8) is 0 Å². The van der Waals surface area contributed by atoms with E-state index in [4.69, 9.17) is 4.74 Å². The Kier molecular flexibility index (Phi) is 10.8. The van der Waals surface area contributed by atoms with Gasteiger partial charge in [-0.25, -0.2) is 0 Å². The predicted octanol–water partition coefficient (Wildman–Crippen LogP) is 4.73. The Labute approximate surface area is 255 Å². The monoisotopic (exact) mass is 599 g/mol. The van der Waals surface area contributed by atoms with Crippen molar-refractivity contribution >= 4 is 34.1 Å². The number of carbonyl (C=O) groups excluding carboxylic acids is 2. The molecule has 0 unspecified atom stereocenters. The summed E-state index contributed by atoms with van der Waals surface area (Å²) in [5, 5.41) is 23.8. The van der Waals surface area contributed by atoms with Crippen molar-refractivity contribution in [2.45, 2.75) is 57.5 Å². The minimum absolute atomic E-state index is 0.122. The molecule has 1 saturated heterocycles. The van der Waals surface area contributed by atoms with E-state index in [-0.39, 0.29) is 24.3 Å². The molecule has 4 aromatic rings. The molecule has 0 aliphatic carbocycles. The van der Waals surface area contributed by atoms with Crippen LogP contribution in [0.1, 0.15) is 47.5 Å². The first-order chi connectivity index (χ1) is 21.0. The third kappa shape index (κ3) is 9.93. The van der Waals surface area contributed by atoms with Crippen LogP contribution >= 0.6 is 11.3 Å². The number of piperidine rings is 1. The molecule has 0 atom stereocenters. The number of hydrogen-bond acceptors (Lipinski definition) is 9. The van der Waals surface area contributed by atoms with Crippen LogP contribution in [0.15, 0.2) is 66.7 Å². The molecule has 1 fully saturated rings. The fourth-order valence-electron chi connectivity index (χ4n) is 4.89. The highest BCUT2D eigenvalue weighted by molar-refractivity contribution is 7.15. The Morgan fingerprint density at radius 3 is 2.37 bits per heavy atom. The number of aromatic nitrogens is 4. The molecule has 2 N–H and O–H groups in total. The van der Waals surface area contributed by atoms with Gasteiger partial charge < -0.3 is 20.3 Å². The van der Waals surface area contributed by atoms with Crippen LogP contribution in [0.3, 0.4) is 0 Å². The first kappa shape index (κ1) is 30.2. The van der Waals surface area contributed by atoms with Crippen molar-refractivity contribution in [3.05, 3.63) is 88.6 Å². The quantitative estimate of drug-likeness (QED) is 0.212. The Morgan fingerprint density at radius 2 is 1.58 bits per heavy atom. The molecule has 1 aliphatic heterocycles. The Morgan fingerprint density at radius 1 is 0.837 bits per heavy atom. The molecule has 2 amide bonds. The van der Waals surface area contributed by atoms with E-state index in [1.165, 1.54) is 11.3 Å². The zero-order chi connectivity index (χ0) is 29.9. The number of aryl methyl sites for hydroxylation is 2. The van der Waals surface area contributed by atoms with E-state index in [0.717, 1.165) is 79.2 Å². The second-order valence-corrected chi connectivity index (χ2v) is 11.9. The lowest BCUT2D eigenvalue weighted by atomic mass is 10.1. The van der Waals surface area contributed by atoms with E-state index in [1.807, 2.05) is 60.7 Å². The standard InChI is InChI=1S/C32H37N7O3S/c1-39-18-16-26(17-19-39)42-27-12-7-10-24(20-27)22-30(41)34-32-38-37-31(43-32)13-6-5-11-25-14-15-28(36-35-25)33-29(40)21-23-8-3-2-4-9-23/h2-4,7-10,12,14-15,20,26H,5-6,11,13,16-19,21-22H2,1H3,(H,33,36,40)(H,34,38,41). The van der Waals surface area contributed by atoms with Gasteiger partial charge in [-0.05, 0) is 74.5 Å². The Bertz CT molecular complexity index is 1470. The maximum atomic E-state index is 12.7. The number of likely N-dealkylation sites (tertiary alicyclic amines) is 1. The highest BCUT2D eigenvalue weighted by Gasteiger charge is 2.18. The third-order valence-corrected chi connectivity index (χ3v) is 8.11. The summed E-state index contributed by atoms with van der Waals surface area (Å²) in [7, 11) is 2.13. The van der Waals surface area contributed by atoms with E-state index in [2.05, 4.69) is 43.0 Å². The van der Waals surface area contributed by atoms with Crippen molar-refractivity contribution in [1.29, 1.82) is 0 Å². The third-order valence-electron chi connectivity index (χ3n) is 7.21. The maximum Gasteiger partial charge on any atom is 0.230 e. The number of nitrogens with one attached hydrogen (secondary N) is 2. The van der Waals surface area contributed by atoms with E-state index in [0.29, 0.717) is 17.4 Å². The SMILES string of the molecule is CN1CCC(Oc2cccc(CC(=O)Nc3nnc(CCCCc4ccc(NC(=O)Cc5ccccc5)nn4)s3)c2)CC1. The molecule has 2 aromatic carbocycles. The van der Waals surface area contributed by atoms with E-state index < -0.39 is 0 Å². The fourth-order valence-corrected chi connectivity index (χ4v) is 5.69. The molecular weight excluding hydrogens is 562 g/mol. The fraction of sp³-hybridized carbons (Fsp3) is 0.375. The molecule has 5 rings (SSSR count). The van der Waals surface area contributed by atoms with Gasteiger partial charge in [-0.3, -0.25) is 9.59 Å². The molecule has 0 radical (unpaired) electrons. The maximum absolute atomic E-state index is 12.7. The molecular formula is C32H37N7O3S. The zero-order valence-corrected chi connectivity index (χ0v) is 25.2. The molecule has 0 saturated carbocycles. The lowest BCUT2D eigenvalue weighted by Crippen LogP contribution is -2.35. The normalized spacial score (nSPS) is 13.9. The van der Waals surface area contributed by atoms with Crippen LogP contribution in [0.25, 0.3) is 0 Å². The molecule has 224 valence electrons. The van der Waals surface area contributed by atoms with Gasteiger partial charge in [0.2, 0.25) is 16.9 Å². The molecule has 10 nitrogen and oxygen atoms in total. The minimum Gasteiger partial charge on any atom is -0.490 e. The summed E-state index contributed by atoms with van der Waals surface area (Å²) in [4.78, 5) is 27.2. The molecule has 11 heteroatoms. The number of benzene rings is 2. The first-order valence-electron chi connectivity index (χ1n) is 14.7. The lowest BCUT2D eigenvalue weighted by molar-refractivity contribution is -0.116. The number of unbranched alkanes of at least 4 members (excludes halogenated alkanes) is 1. The average molecular weight is 600 g/mol. The Balaban J connectivity index is 0.993. The molecule has 2 aromatic heterocycles. The van der Waals surface area contributed by atoms with Gasteiger partial charge in [-0.15, -0.1) is 15.3 Å². The smallest absolute Gasteiger partial charge is 0.230 e. The highest BCUT2D eigenvalue weighted by atomic mass is 32.1. The van der Waals surface area contributed by atoms with Crippen molar-refractivity contribution in [2.24, 2.45) is 0 Å². The van der Waals surface area contributed by atoms with Crippen molar-refractivity contribution < 1.29 is 14.3 Å². The second kappa shape index (κ2) is 15.3. The van der Waals surface area contributed by atoms with Gasteiger partial charge in [0, 0.05) is 19.5 Å². The lowest BCUT2D eigenvalue weighted by Gasteiger charge is -2.29. The number of rotatable bonds is 13. The van der Waals surface area contributed by atoms with Crippen molar-refractivity contribution in [2.75, 3.05) is 30.8 Å². The largest absolute Gasteiger partial charge is 0.490 e. The van der Waals surface area contributed by atoms with Crippen molar-refractivity contribution in [1.82, 2.24) is 25.3 Å². The van der Waals surface area contributed by atoms with Gasteiger partial charge in [0.1, 0.15) is 16.9 Å². The van der Waals surface area contributed by atoms with Crippen LogP contribution in [0.5, 0.6) is 5.75 Å². The highest BCUT2D eigenvalue weighted by Crippen LogP contribution is 2.21. The van der Waals surface area contributed by atoms with Gasteiger partial charge in [0.25, 0.3) is 0 Å². The second-order valence-electron chi connectivity index (χ2n) is 10.8. The van der Waals surface area contributed by atoms with Crippen LogP contribution in [-0.2, 0) is 35.3 Å². The van der Waals surface area contributed by atoms with Crippen LogP contribution in [0, 0.1) is 0 Å². The molecule has 0 bridgehead atoms. The first-order valence-corrected chi connectivity index (χ1v) is 15.5. The summed E-state index contributed by atoms with van der Waals surface area (Å²) in [5.74, 6) is 1.01. The van der Waals surface area contributed by atoms with Crippen LogP contribution in [0.4, 0.5) is 10.9 Å². The van der Waals surface area contributed by atoms with Gasteiger partial charge in [-0.1, -0.05) is 53.8 Å². The van der Waals surface area contributed by atoms with E-state index in [1.54, 1.807) is 6.07 Å².